The summed E-state index contributed by atoms with van der Waals surface area (Å²) in [5, 5.41) is 0. The lowest BCUT2D eigenvalue weighted by Crippen LogP contribution is -2.24. The summed E-state index contributed by atoms with van der Waals surface area (Å²) in [6, 6.07) is 9.38. The minimum absolute atomic E-state index is 0.466. The van der Waals surface area contributed by atoms with Gasteiger partial charge >= 0.3 is 5.97 Å². The predicted molar refractivity (Wildman–Crippen MR) is 55.4 cm³/mol. The van der Waals surface area contributed by atoms with Crippen LogP contribution in [0.2, 0.25) is 0 Å². The van der Waals surface area contributed by atoms with E-state index in [1.165, 1.54) is 0 Å². The molecule has 0 aromatic heterocycles. The van der Waals surface area contributed by atoms with E-state index in [0.29, 0.717) is 0 Å². The van der Waals surface area contributed by atoms with E-state index in [1.54, 1.807) is 6.92 Å². The minimum Gasteiger partial charge on any atom is -0.451 e. The highest BCUT2D eigenvalue weighted by Gasteiger charge is 2.23. The molecule has 1 aromatic carbocycles. The monoisotopic (exact) mass is 189 g/mol. The Morgan fingerprint density at radius 1 is 1.43 bits per heavy atom. The Kier molecular flexibility index (Phi) is 3.07. The zero-order valence-corrected chi connectivity index (χ0v) is 8.19. The molecular weight excluding hydrogens is 176 g/mol. The molecule has 1 unspecified atom stereocenters. The lowest BCUT2D eigenvalue weighted by atomic mass is 9.98. The third-order valence-electron chi connectivity index (χ3n) is 1.88. The number of hydrogen-bond acceptors (Lipinski definition) is 2. The molecule has 0 heterocycles. The molecule has 0 saturated heterocycles. The fourth-order valence-corrected chi connectivity index (χ4v) is 1.11. The van der Waals surface area contributed by atoms with Gasteiger partial charge in [0.15, 0.2) is 0 Å². The van der Waals surface area contributed by atoms with E-state index in [0.717, 1.165) is 11.6 Å². The van der Waals surface area contributed by atoms with Gasteiger partial charge < -0.3 is 4.74 Å². The predicted octanol–water partition coefficient (Wildman–Crippen LogP) is 2.47. The molecular formula is C12H13O2. The number of benzene rings is 1. The molecule has 1 atom stereocenters. The van der Waals surface area contributed by atoms with Crippen LogP contribution in [-0.4, -0.2) is 5.97 Å². The van der Waals surface area contributed by atoms with Crippen molar-refractivity contribution in [2.45, 2.75) is 12.5 Å². The molecule has 0 bridgehead atoms. The summed E-state index contributed by atoms with van der Waals surface area (Å²) >= 11 is 0. The molecule has 0 aliphatic rings. The van der Waals surface area contributed by atoms with E-state index in [2.05, 4.69) is 13.5 Å². The second kappa shape index (κ2) is 4.09. The van der Waals surface area contributed by atoms with E-state index in [1.807, 2.05) is 30.3 Å². The molecule has 73 valence electrons. The SMILES string of the molecule is [CH2]C(C)(OC(=O)C=C)c1ccccc1. The van der Waals surface area contributed by atoms with Crippen LogP contribution < -0.4 is 0 Å². The van der Waals surface area contributed by atoms with Crippen LogP contribution in [0.15, 0.2) is 43.0 Å². The second-order valence-corrected chi connectivity index (χ2v) is 3.22. The third-order valence-corrected chi connectivity index (χ3v) is 1.88. The van der Waals surface area contributed by atoms with E-state index in [9.17, 15) is 4.79 Å². The normalized spacial score (nSPS) is 10.7. The number of carbonyl (C=O) groups is 1. The first-order valence-electron chi connectivity index (χ1n) is 4.32. The fourth-order valence-electron chi connectivity index (χ4n) is 1.11. The van der Waals surface area contributed by atoms with Gasteiger partial charge in [0.05, 0.1) is 0 Å². The highest BCUT2D eigenvalue weighted by molar-refractivity contribution is 5.81. The van der Waals surface area contributed by atoms with Gasteiger partial charge in [0.2, 0.25) is 0 Å². The van der Waals surface area contributed by atoms with Crippen LogP contribution in [0, 0.1) is 6.92 Å². The molecule has 0 N–H and O–H groups in total. The largest absolute Gasteiger partial charge is 0.451 e. The maximum atomic E-state index is 11.0. The van der Waals surface area contributed by atoms with Crippen LogP contribution in [0.5, 0.6) is 0 Å². The molecule has 1 rings (SSSR count). The maximum absolute atomic E-state index is 11.0. The molecule has 0 spiro atoms. The van der Waals surface area contributed by atoms with Gasteiger partial charge in [0, 0.05) is 6.08 Å². The number of carbonyl (C=O) groups excluding carboxylic acids is 1. The van der Waals surface area contributed by atoms with Crippen LogP contribution in [0.3, 0.4) is 0 Å². The zero-order chi connectivity index (χ0) is 10.6. The van der Waals surface area contributed by atoms with Crippen molar-refractivity contribution < 1.29 is 9.53 Å². The summed E-state index contributed by atoms with van der Waals surface area (Å²) in [6.45, 7) is 8.91. The Bertz CT molecular complexity index is 325. The minimum atomic E-state index is -0.855. The molecule has 0 saturated carbocycles. The zero-order valence-electron chi connectivity index (χ0n) is 8.19. The Morgan fingerprint density at radius 3 is 2.50 bits per heavy atom. The number of rotatable bonds is 3. The van der Waals surface area contributed by atoms with Gasteiger partial charge in [-0.05, 0) is 19.4 Å². The first-order valence-corrected chi connectivity index (χ1v) is 4.32. The standard InChI is InChI=1S/C12H13O2/c1-4-11(13)14-12(2,3)10-8-6-5-7-9-10/h4-9H,1-2H2,3H3. The van der Waals surface area contributed by atoms with Crippen molar-refractivity contribution in [2.24, 2.45) is 0 Å². The number of esters is 1. The Balaban J connectivity index is 2.85. The van der Waals surface area contributed by atoms with Gasteiger partial charge in [-0.3, -0.25) is 0 Å². The van der Waals surface area contributed by atoms with Crippen molar-refractivity contribution >= 4 is 5.97 Å². The van der Waals surface area contributed by atoms with Crippen LogP contribution in [0.1, 0.15) is 12.5 Å². The maximum Gasteiger partial charge on any atom is 0.331 e. The van der Waals surface area contributed by atoms with E-state index >= 15 is 0 Å². The summed E-state index contributed by atoms with van der Waals surface area (Å²) in [7, 11) is 0. The van der Waals surface area contributed by atoms with Gasteiger partial charge in [-0.25, -0.2) is 4.79 Å². The summed E-state index contributed by atoms with van der Waals surface area (Å²) in [5.41, 5.74) is 0.00204. The van der Waals surface area contributed by atoms with Crippen LogP contribution in [-0.2, 0) is 15.1 Å². The Labute approximate surface area is 84.2 Å². The van der Waals surface area contributed by atoms with Crippen molar-refractivity contribution in [3.05, 3.63) is 55.5 Å². The molecule has 1 aromatic rings. The topological polar surface area (TPSA) is 26.3 Å². The summed E-state index contributed by atoms with van der Waals surface area (Å²) in [5.74, 6) is -0.466. The summed E-state index contributed by atoms with van der Waals surface area (Å²) in [4.78, 5) is 11.0. The van der Waals surface area contributed by atoms with Crippen LogP contribution in [0.25, 0.3) is 0 Å². The van der Waals surface area contributed by atoms with Gasteiger partial charge in [0.25, 0.3) is 0 Å². The van der Waals surface area contributed by atoms with Crippen LogP contribution >= 0.6 is 0 Å². The quantitative estimate of drug-likeness (QED) is 0.539. The van der Waals surface area contributed by atoms with Crippen LogP contribution in [0.4, 0.5) is 0 Å². The number of ether oxygens (including phenoxy) is 1. The molecule has 0 aliphatic carbocycles. The highest BCUT2D eigenvalue weighted by Crippen LogP contribution is 2.23. The summed E-state index contributed by atoms with van der Waals surface area (Å²) < 4.78 is 5.10. The van der Waals surface area contributed by atoms with Crippen molar-refractivity contribution in [3.8, 4) is 0 Å². The Hall–Kier alpha value is -1.57. The molecule has 14 heavy (non-hydrogen) atoms. The molecule has 2 nitrogen and oxygen atoms in total. The first kappa shape index (κ1) is 10.5. The van der Waals surface area contributed by atoms with Gasteiger partial charge in [-0.15, -0.1) is 0 Å². The Morgan fingerprint density at radius 2 is 2.00 bits per heavy atom. The smallest absolute Gasteiger partial charge is 0.331 e. The van der Waals surface area contributed by atoms with Crippen molar-refractivity contribution in [1.29, 1.82) is 0 Å². The van der Waals surface area contributed by atoms with E-state index in [4.69, 9.17) is 4.74 Å². The van der Waals surface area contributed by atoms with Gasteiger partial charge in [-0.2, -0.15) is 0 Å². The second-order valence-electron chi connectivity index (χ2n) is 3.22. The fraction of sp³-hybridized carbons (Fsp3) is 0.167. The van der Waals surface area contributed by atoms with Crippen molar-refractivity contribution in [3.63, 3.8) is 0 Å². The number of hydrogen-bond donors (Lipinski definition) is 0. The average molecular weight is 189 g/mol. The van der Waals surface area contributed by atoms with E-state index < -0.39 is 11.6 Å². The average Bonchev–Trinajstić information content (AvgIpc) is 2.18. The highest BCUT2D eigenvalue weighted by atomic mass is 16.6. The molecule has 0 aliphatic heterocycles. The summed E-state index contributed by atoms with van der Waals surface area (Å²) in [6.07, 6.45) is 1.13. The molecule has 0 amide bonds. The lowest BCUT2D eigenvalue weighted by molar-refractivity contribution is -0.148. The van der Waals surface area contributed by atoms with Gasteiger partial charge in [-0.1, -0.05) is 36.9 Å². The van der Waals surface area contributed by atoms with Crippen molar-refractivity contribution in [1.82, 2.24) is 0 Å². The van der Waals surface area contributed by atoms with Crippen molar-refractivity contribution in [2.75, 3.05) is 0 Å². The molecule has 1 radical (unpaired) electrons. The molecule has 0 fully saturated rings. The lowest BCUT2D eigenvalue weighted by Gasteiger charge is -2.24. The molecule has 2 heteroatoms. The first-order chi connectivity index (χ1) is 6.56. The third kappa shape index (κ3) is 2.46. The van der Waals surface area contributed by atoms with Gasteiger partial charge in [0.1, 0.15) is 5.60 Å². The van der Waals surface area contributed by atoms with E-state index in [-0.39, 0.29) is 0 Å².